The van der Waals surface area contributed by atoms with E-state index in [1.165, 1.54) is 28.7 Å². The molecule has 0 spiro atoms. The van der Waals surface area contributed by atoms with Gasteiger partial charge in [0.05, 0.1) is 12.1 Å². The summed E-state index contributed by atoms with van der Waals surface area (Å²) in [5.74, 6) is -1.59. The van der Waals surface area contributed by atoms with Gasteiger partial charge in [0.15, 0.2) is 5.69 Å². The summed E-state index contributed by atoms with van der Waals surface area (Å²) in [6, 6.07) is -3.43. The molecule has 0 saturated carbocycles. The van der Waals surface area contributed by atoms with E-state index in [9.17, 15) is 24.0 Å². The van der Waals surface area contributed by atoms with Crippen molar-refractivity contribution in [3.8, 4) is 0 Å². The lowest BCUT2D eigenvalue weighted by molar-refractivity contribution is -0.121. The van der Waals surface area contributed by atoms with E-state index in [0.717, 1.165) is 17.8 Å². The van der Waals surface area contributed by atoms with Crippen LogP contribution < -0.4 is 21.3 Å². The van der Waals surface area contributed by atoms with Crippen molar-refractivity contribution >= 4 is 52.3 Å². The van der Waals surface area contributed by atoms with Gasteiger partial charge in [-0.1, -0.05) is 20.3 Å². The van der Waals surface area contributed by atoms with E-state index < -0.39 is 53.8 Å². The van der Waals surface area contributed by atoms with Crippen LogP contribution in [-0.2, 0) is 4.79 Å². The van der Waals surface area contributed by atoms with Gasteiger partial charge in [-0.2, -0.15) is 0 Å². The van der Waals surface area contributed by atoms with E-state index in [4.69, 9.17) is 4.42 Å². The van der Waals surface area contributed by atoms with E-state index in [0.29, 0.717) is 15.8 Å². The number of urea groups is 1. The second-order valence-electron chi connectivity index (χ2n) is 10.3. The molecule has 0 unspecified atom stereocenters. The van der Waals surface area contributed by atoms with Crippen molar-refractivity contribution in [1.82, 2.24) is 41.1 Å². The third kappa shape index (κ3) is 5.63. The molecule has 3 aromatic heterocycles. The molecule has 0 aliphatic carbocycles. The second-order valence-corrected chi connectivity index (χ2v) is 12.1. The second kappa shape index (κ2) is 11.6. The monoisotopic (exact) mass is 614 g/mol. The molecule has 2 aliphatic heterocycles. The highest BCUT2D eigenvalue weighted by Crippen LogP contribution is 2.30. The Labute approximate surface area is 248 Å². The predicted octanol–water partition coefficient (Wildman–Crippen LogP) is 2.63. The summed E-state index contributed by atoms with van der Waals surface area (Å²) in [5.41, 5.74) is 0.288. The van der Waals surface area contributed by atoms with Gasteiger partial charge < -0.3 is 25.3 Å². The standard InChI is InChI=1S/C26H30N8O6S2/c1-6-10(2)17-25-30-15(9-42-25)20(36)28-13(7-16-21(37)33-26(39)34(16)5)24-29-14(8-41-24)19(35)27-11(3)23-32-18(12(4)40-23)22(38)31-17/h8-11,13,16-17H,6-7H2,1-5H3,(H,27,35)(H,28,36)(H,31,38)(H,33,37,39)/t10-,11-,13+,16+,17-/m0/s1. The molecule has 5 atom stereocenters. The highest BCUT2D eigenvalue weighted by atomic mass is 32.1. The van der Waals surface area contributed by atoms with Crippen LogP contribution in [0.4, 0.5) is 4.79 Å². The zero-order valence-corrected chi connectivity index (χ0v) is 25.1. The van der Waals surface area contributed by atoms with Crippen LogP contribution in [0.3, 0.4) is 0 Å². The maximum absolute atomic E-state index is 13.4. The Kier molecular flexibility index (Phi) is 8.10. The van der Waals surface area contributed by atoms with Crippen molar-refractivity contribution < 1.29 is 28.4 Å². The van der Waals surface area contributed by atoms with Crippen LogP contribution in [0, 0.1) is 12.8 Å². The van der Waals surface area contributed by atoms with Crippen molar-refractivity contribution in [2.75, 3.05) is 7.05 Å². The van der Waals surface area contributed by atoms with Crippen LogP contribution in [0.15, 0.2) is 15.2 Å². The summed E-state index contributed by atoms with van der Waals surface area (Å²) in [5, 5.41) is 15.0. The van der Waals surface area contributed by atoms with Gasteiger partial charge in [-0.25, -0.2) is 19.7 Å². The van der Waals surface area contributed by atoms with Crippen LogP contribution in [-0.4, -0.2) is 62.6 Å². The number of aryl methyl sites for hydroxylation is 1. The van der Waals surface area contributed by atoms with E-state index in [1.807, 2.05) is 13.8 Å². The lowest BCUT2D eigenvalue weighted by atomic mass is 9.99. The Morgan fingerprint density at radius 1 is 0.952 bits per heavy atom. The number of amides is 6. The number of hydrogen-bond acceptors (Lipinski definition) is 11. The number of rotatable bonds is 4. The van der Waals surface area contributed by atoms with E-state index in [1.54, 1.807) is 19.2 Å². The summed E-state index contributed by atoms with van der Waals surface area (Å²) in [4.78, 5) is 79.0. The van der Waals surface area contributed by atoms with Gasteiger partial charge in [0.25, 0.3) is 23.6 Å². The third-order valence-electron chi connectivity index (χ3n) is 7.40. The Hall–Kier alpha value is -4.18. The zero-order valence-electron chi connectivity index (χ0n) is 23.5. The zero-order chi connectivity index (χ0) is 30.3. The molecule has 2 aliphatic rings. The van der Waals surface area contributed by atoms with Crippen molar-refractivity contribution in [3.63, 3.8) is 0 Å². The number of hydrogen-bond donors (Lipinski definition) is 4. The first kappa shape index (κ1) is 29.3. The van der Waals surface area contributed by atoms with Gasteiger partial charge in [-0.3, -0.25) is 24.5 Å². The highest BCUT2D eigenvalue weighted by molar-refractivity contribution is 7.10. The number of oxazole rings is 1. The quantitative estimate of drug-likeness (QED) is 0.320. The largest absolute Gasteiger partial charge is 0.443 e. The molecule has 0 radical (unpaired) electrons. The van der Waals surface area contributed by atoms with Crippen molar-refractivity contribution in [2.45, 2.75) is 64.7 Å². The van der Waals surface area contributed by atoms with Crippen LogP contribution in [0.1, 0.15) is 105 Å². The molecule has 1 fully saturated rings. The summed E-state index contributed by atoms with van der Waals surface area (Å²) in [6.07, 6.45) is 0.744. The summed E-state index contributed by atoms with van der Waals surface area (Å²) in [6.45, 7) is 7.25. The van der Waals surface area contributed by atoms with Gasteiger partial charge in [0.1, 0.15) is 39.2 Å². The van der Waals surface area contributed by atoms with Crippen molar-refractivity contribution in [2.24, 2.45) is 5.92 Å². The van der Waals surface area contributed by atoms with Crippen LogP contribution in [0.5, 0.6) is 0 Å². The average molecular weight is 615 g/mol. The molecule has 5 heterocycles. The van der Waals surface area contributed by atoms with Crippen molar-refractivity contribution in [3.05, 3.63) is 49.5 Å². The number of nitrogens with zero attached hydrogens (tertiary/aromatic N) is 4. The maximum atomic E-state index is 13.4. The smallest absolute Gasteiger partial charge is 0.324 e. The molecule has 4 N–H and O–H groups in total. The Morgan fingerprint density at radius 3 is 2.24 bits per heavy atom. The SMILES string of the molecule is CC[C@H](C)[C@@H]1NC(=O)c2nc(oc2C)[C@H](C)NC(=O)c2csc(n2)[C@@H](C[C@@H]2C(=O)NC(=O)N2C)NC(=O)c2csc1n2. The van der Waals surface area contributed by atoms with Crippen molar-refractivity contribution in [1.29, 1.82) is 0 Å². The lowest BCUT2D eigenvalue weighted by Gasteiger charge is -2.23. The Morgan fingerprint density at radius 2 is 1.60 bits per heavy atom. The molecule has 3 aromatic rings. The summed E-state index contributed by atoms with van der Waals surface area (Å²) >= 11 is 2.37. The van der Waals surface area contributed by atoms with E-state index >= 15 is 0 Å². The number of nitrogens with one attached hydrogen (secondary N) is 4. The fraction of sp³-hybridized carbons (Fsp3) is 0.462. The number of thiazole rings is 2. The molecular weight excluding hydrogens is 584 g/mol. The average Bonchev–Trinajstić information content (AvgIpc) is 3.75. The third-order valence-corrected chi connectivity index (χ3v) is 9.29. The Bertz CT molecular complexity index is 1560. The molecule has 0 aromatic carbocycles. The first-order valence-corrected chi connectivity index (χ1v) is 15.1. The van der Waals surface area contributed by atoms with E-state index in [-0.39, 0.29) is 35.3 Å². The topological polar surface area (TPSA) is 189 Å². The number of carbonyl (C=O) groups is 5. The minimum atomic E-state index is -0.861. The van der Waals surface area contributed by atoms with Gasteiger partial charge in [0, 0.05) is 24.2 Å². The van der Waals surface area contributed by atoms with Gasteiger partial charge in [-0.05, 0) is 19.8 Å². The number of aromatic nitrogens is 3. The van der Waals surface area contributed by atoms with Gasteiger partial charge in [-0.15, -0.1) is 22.7 Å². The maximum Gasteiger partial charge on any atom is 0.324 e. The van der Waals surface area contributed by atoms with Gasteiger partial charge in [0.2, 0.25) is 5.89 Å². The lowest BCUT2D eigenvalue weighted by Crippen LogP contribution is -2.38. The molecule has 16 heteroatoms. The molecule has 1 saturated heterocycles. The number of imide groups is 1. The predicted molar refractivity (Wildman–Crippen MR) is 151 cm³/mol. The molecule has 42 heavy (non-hydrogen) atoms. The first-order chi connectivity index (χ1) is 20.0. The minimum absolute atomic E-state index is 0.0195. The normalized spacial score (nSPS) is 23.9. The van der Waals surface area contributed by atoms with Crippen LogP contribution in [0.2, 0.25) is 0 Å². The number of fused-ring (bicyclic) bond motifs is 6. The molecule has 6 bridgehead atoms. The molecule has 222 valence electrons. The van der Waals surface area contributed by atoms with E-state index in [2.05, 4.69) is 36.2 Å². The molecule has 6 amide bonds. The van der Waals surface area contributed by atoms with Gasteiger partial charge >= 0.3 is 6.03 Å². The molecule has 5 rings (SSSR count). The first-order valence-electron chi connectivity index (χ1n) is 13.3. The summed E-state index contributed by atoms with van der Waals surface area (Å²) in [7, 11) is 1.49. The highest BCUT2D eigenvalue weighted by Gasteiger charge is 2.39. The Balaban J connectivity index is 1.55. The van der Waals surface area contributed by atoms with Crippen LogP contribution in [0.25, 0.3) is 0 Å². The fourth-order valence-electron chi connectivity index (χ4n) is 4.66. The fourth-order valence-corrected chi connectivity index (χ4v) is 6.50. The molecular formula is C26H30N8O6S2. The summed E-state index contributed by atoms with van der Waals surface area (Å²) < 4.78 is 5.74. The minimum Gasteiger partial charge on any atom is -0.443 e. The van der Waals surface area contributed by atoms with Crippen LogP contribution >= 0.6 is 22.7 Å². The number of likely N-dealkylation sites (N-methyl/N-ethyl adjacent to an activating group) is 1. The number of carbonyl (C=O) groups excluding carboxylic acids is 5. The molecule has 14 nitrogen and oxygen atoms in total.